The first-order chi connectivity index (χ1) is 6.15. The monoisotopic (exact) mass is 214 g/mol. The van der Waals surface area contributed by atoms with Crippen molar-refractivity contribution in [2.45, 2.75) is 6.92 Å². The third-order valence-electron chi connectivity index (χ3n) is 1.61. The topological polar surface area (TPSA) is 38.0 Å². The lowest BCUT2D eigenvalue weighted by Gasteiger charge is -2.09. The maximum atomic E-state index is 5.82. The molecule has 0 saturated heterocycles. The van der Waals surface area contributed by atoms with Crippen molar-refractivity contribution in [3.8, 4) is 0 Å². The van der Waals surface area contributed by atoms with Gasteiger partial charge in [-0.1, -0.05) is 23.8 Å². The average molecular weight is 215 g/mol. The third-order valence-corrected chi connectivity index (χ3v) is 2.07. The van der Waals surface area contributed by atoms with Gasteiger partial charge in [0.15, 0.2) is 0 Å². The van der Waals surface area contributed by atoms with E-state index in [1.54, 1.807) is 12.1 Å². The molecule has 0 aliphatic heterocycles. The zero-order chi connectivity index (χ0) is 9.84. The molecule has 0 radical (unpaired) electrons. The minimum Gasteiger partial charge on any atom is -0.389 e. The molecule has 0 bridgehead atoms. The van der Waals surface area contributed by atoms with Crippen LogP contribution >= 0.6 is 23.8 Å². The van der Waals surface area contributed by atoms with Crippen molar-refractivity contribution in [1.29, 1.82) is 0 Å². The zero-order valence-electron chi connectivity index (χ0n) is 7.30. The van der Waals surface area contributed by atoms with Gasteiger partial charge in [-0.15, -0.1) is 0 Å². The summed E-state index contributed by atoms with van der Waals surface area (Å²) in [5.41, 5.74) is 7.27. The van der Waals surface area contributed by atoms with Gasteiger partial charge in [0.1, 0.15) is 4.99 Å². The lowest BCUT2D eigenvalue weighted by atomic mass is 10.2. The highest BCUT2D eigenvalue weighted by Crippen LogP contribution is 2.20. The number of thiocarbonyl (C=S) groups is 1. The summed E-state index contributed by atoms with van der Waals surface area (Å²) in [6.45, 7) is 2.84. The Labute approximate surface area is 88.1 Å². The van der Waals surface area contributed by atoms with Crippen molar-refractivity contribution < 1.29 is 0 Å². The number of hydrogen-bond acceptors (Lipinski definition) is 2. The number of hydrogen-bond donors (Lipinski definition) is 2. The Balaban J connectivity index is 3.10. The Morgan fingerprint density at radius 3 is 2.85 bits per heavy atom. The van der Waals surface area contributed by atoms with Crippen LogP contribution in [-0.2, 0) is 0 Å². The molecule has 0 amide bonds. The van der Waals surface area contributed by atoms with Gasteiger partial charge in [0.2, 0.25) is 0 Å². The highest BCUT2D eigenvalue weighted by molar-refractivity contribution is 7.80. The average Bonchev–Trinajstić information content (AvgIpc) is 2.08. The second-order valence-corrected chi connectivity index (χ2v) is 3.46. The molecule has 0 aliphatic rings. The summed E-state index contributed by atoms with van der Waals surface area (Å²) in [7, 11) is 0. The quantitative estimate of drug-likeness (QED) is 0.759. The molecule has 1 rings (SSSR count). The summed E-state index contributed by atoms with van der Waals surface area (Å²) in [4.78, 5) is 0.360. The Morgan fingerprint density at radius 2 is 2.31 bits per heavy atom. The first-order valence-corrected chi connectivity index (χ1v) is 4.77. The summed E-state index contributed by atoms with van der Waals surface area (Å²) in [5.74, 6) is 0. The summed E-state index contributed by atoms with van der Waals surface area (Å²) >= 11 is 10.7. The zero-order valence-corrected chi connectivity index (χ0v) is 8.88. The lowest BCUT2D eigenvalue weighted by molar-refractivity contribution is 1.21. The molecule has 0 saturated carbocycles. The summed E-state index contributed by atoms with van der Waals surface area (Å²) in [6.07, 6.45) is 0. The van der Waals surface area contributed by atoms with Crippen LogP contribution in [0.3, 0.4) is 0 Å². The van der Waals surface area contributed by atoms with Crippen LogP contribution in [0.4, 0.5) is 5.69 Å². The van der Waals surface area contributed by atoms with E-state index in [0.717, 1.165) is 17.8 Å². The van der Waals surface area contributed by atoms with E-state index in [0.29, 0.717) is 10.0 Å². The Hall–Kier alpha value is -0.800. The molecule has 0 unspecified atom stereocenters. The third kappa shape index (κ3) is 2.57. The predicted octanol–water partition coefficient (Wildman–Crippen LogP) is 2.41. The van der Waals surface area contributed by atoms with Crippen LogP contribution < -0.4 is 11.1 Å². The van der Waals surface area contributed by atoms with Gasteiger partial charge in [-0.05, 0) is 25.1 Å². The standard InChI is InChI=1S/C9H11ClN2S/c1-2-12-8-4-3-6(10)5-7(8)9(11)13/h3-5,12H,2H2,1H3,(H2,11,13). The highest BCUT2D eigenvalue weighted by atomic mass is 35.5. The van der Waals surface area contributed by atoms with E-state index in [4.69, 9.17) is 29.6 Å². The van der Waals surface area contributed by atoms with Gasteiger partial charge in [-0.2, -0.15) is 0 Å². The summed E-state index contributed by atoms with van der Waals surface area (Å²) < 4.78 is 0. The number of anilines is 1. The largest absolute Gasteiger partial charge is 0.389 e. The predicted molar refractivity (Wildman–Crippen MR) is 61.5 cm³/mol. The summed E-state index contributed by atoms with van der Waals surface area (Å²) in [5, 5.41) is 3.80. The molecular weight excluding hydrogens is 204 g/mol. The maximum Gasteiger partial charge on any atom is 0.106 e. The maximum absolute atomic E-state index is 5.82. The molecule has 3 N–H and O–H groups in total. The highest BCUT2D eigenvalue weighted by Gasteiger charge is 2.04. The molecule has 0 aromatic heterocycles. The molecule has 1 aromatic rings. The van der Waals surface area contributed by atoms with Crippen LogP contribution in [0.5, 0.6) is 0 Å². The second kappa shape index (κ2) is 4.44. The number of benzene rings is 1. The summed E-state index contributed by atoms with van der Waals surface area (Å²) in [6, 6.07) is 5.45. The van der Waals surface area contributed by atoms with Crippen LogP contribution in [0.15, 0.2) is 18.2 Å². The van der Waals surface area contributed by atoms with Crippen molar-refractivity contribution in [1.82, 2.24) is 0 Å². The van der Waals surface area contributed by atoms with Gasteiger partial charge in [-0.25, -0.2) is 0 Å². The van der Waals surface area contributed by atoms with E-state index in [2.05, 4.69) is 5.32 Å². The van der Waals surface area contributed by atoms with Gasteiger partial charge >= 0.3 is 0 Å². The first kappa shape index (κ1) is 10.3. The van der Waals surface area contributed by atoms with Crippen molar-refractivity contribution in [2.75, 3.05) is 11.9 Å². The number of halogens is 1. The molecule has 2 nitrogen and oxygen atoms in total. The van der Waals surface area contributed by atoms with E-state index >= 15 is 0 Å². The van der Waals surface area contributed by atoms with Crippen LogP contribution in [0.1, 0.15) is 12.5 Å². The fraction of sp³-hybridized carbons (Fsp3) is 0.222. The Morgan fingerprint density at radius 1 is 1.62 bits per heavy atom. The molecular formula is C9H11ClN2S. The van der Waals surface area contributed by atoms with Crippen molar-refractivity contribution >= 4 is 34.5 Å². The Bertz CT molecular complexity index is 325. The van der Waals surface area contributed by atoms with Gasteiger partial charge in [0.05, 0.1) is 0 Å². The van der Waals surface area contributed by atoms with E-state index in [9.17, 15) is 0 Å². The minimum atomic E-state index is 0.360. The van der Waals surface area contributed by atoms with Crippen LogP contribution in [0.25, 0.3) is 0 Å². The van der Waals surface area contributed by atoms with Crippen molar-refractivity contribution in [3.05, 3.63) is 28.8 Å². The van der Waals surface area contributed by atoms with Gasteiger partial charge < -0.3 is 11.1 Å². The minimum absolute atomic E-state index is 0.360. The van der Waals surface area contributed by atoms with Crippen molar-refractivity contribution in [2.24, 2.45) is 5.73 Å². The number of nitrogens with one attached hydrogen (secondary N) is 1. The van der Waals surface area contributed by atoms with Gasteiger partial charge in [0.25, 0.3) is 0 Å². The molecule has 4 heteroatoms. The van der Waals surface area contributed by atoms with Crippen LogP contribution in [0, 0.1) is 0 Å². The molecule has 1 aromatic carbocycles. The molecule has 0 spiro atoms. The molecule has 0 atom stereocenters. The van der Waals surface area contributed by atoms with E-state index in [1.807, 2.05) is 13.0 Å². The molecule has 0 heterocycles. The number of nitrogens with two attached hydrogens (primary N) is 1. The fourth-order valence-electron chi connectivity index (χ4n) is 1.06. The van der Waals surface area contributed by atoms with Gasteiger partial charge in [-0.3, -0.25) is 0 Å². The van der Waals surface area contributed by atoms with Crippen LogP contribution in [-0.4, -0.2) is 11.5 Å². The fourth-order valence-corrected chi connectivity index (χ4v) is 1.41. The SMILES string of the molecule is CCNc1ccc(Cl)cc1C(N)=S. The Kier molecular flexibility index (Phi) is 3.51. The molecule has 13 heavy (non-hydrogen) atoms. The van der Waals surface area contributed by atoms with Gasteiger partial charge in [0, 0.05) is 22.8 Å². The number of rotatable bonds is 3. The van der Waals surface area contributed by atoms with E-state index in [1.165, 1.54) is 0 Å². The molecule has 0 aliphatic carbocycles. The first-order valence-electron chi connectivity index (χ1n) is 3.98. The smallest absolute Gasteiger partial charge is 0.106 e. The molecule has 70 valence electrons. The van der Waals surface area contributed by atoms with Crippen LogP contribution in [0.2, 0.25) is 5.02 Å². The normalized spacial score (nSPS) is 9.69. The van der Waals surface area contributed by atoms with E-state index in [-0.39, 0.29) is 0 Å². The van der Waals surface area contributed by atoms with Crippen molar-refractivity contribution in [3.63, 3.8) is 0 Å². The van der Waals surface area contributed by atoms with E-state index < -0.39 is 0 Å². The molecule has 0 fully saturated rings. The second-order valence-electron chi connectivity index (χ2n) is 2.58. The lowest BCUT2D eigenvalue weighted by Crippen LogP contribution is -2.13.